The number of pyridine rings is 1. The highest BCUT2D eigenvalue weighted by Gasteiger charge is 2.20. The lowest BCUT2D eigenvalue weighted by atomic mass is 9.94. The van der Waals surface area contributed by atoms with Gasteiger partial charge in [-0.1, -0.05) is 12.1 Å². The molecule has 0 unspecified atom stereocenters. The second-order valence-corrected chi connectivity index (χ2v) is 9.06. The van der Waals surface area contributed by atoms with Crippen LogP contribution in [0.15, 0.2) is 54.6 Å². The molecular formula is C27H27FN6. The minimum absolute atomic E-state index is 0.233. The first-order valence-corrected chi connectivity index (χ1v) is 11.8. The van der Waals surface area contributed by atoms with E-state index >= 15 is 0 Å². The zero-order valence-electron chi connectivity index (χ0n) is 19.1. The molecule has 34 heavy (non-hydrogen) atoms. The maximum atomic E-state index is 14.4. The number of benzene rings is 2. The number of piperidine rings is 1. The van der Waals surface area contributed by atoms with E-state index in [1.165, 1.54) is 0 Å². The Labute approximate surface area is 197 Å². The van der Waals surface area contributed by atoms with E-state index in [9.17, 15) is 4.39 Å². The first-order valence-electron chi connectivity index (χ1n) is 11.8. The lowest BCUT2D eigenvalue weighted by molar-refractivity contribution is 0.454. The Morgan fingerprint density at radius 2 is 1.91 bits per heavy atom. The molecule has 5 aromatic rings. The van der Waals surface area contributed by atoms with Crippen molar-refractivity contribution >= 4 is 21.9 Å². The summed E-state index contributed by atoms with van der Waals surface area (Å²) >= 11 is 0. The fourth-order valence-electron chi connectivity index (χ4n) is 5.09. The third-order valence-corrected chi connectivity index (χ3v) is 6.76. The van der Waals surface area contributed by atoms with E-state index in [1.54, 1.807) is 12.1 Å². The summed E-state index contributed by atoms with van der Waals surface area (Å²) in [6, 6.07) is 17.6. The molecule has 6 rings (SSSR count). The summed E-state index contributed by atoms with van der Waals surface area (Å²) in [7, 11) is 1.86. The second-order valence-electron chi connectivity index (χ2n) is 9.06. The molecule has 4 N–H and O–H groups in total. The van der Waals surface area contributed by atoms with Gasteiger partial charge in [0.05, 0.1) is 11.2 Å². The second kappa shape index (κ2) is 8.66. The number of H-pyrrole nitrogens is 2. The Morgan fingerprint density at radius 3 is 2.76 bits per heavy atom. The quantitative estimate of drug-likeness (QED) is 0.298. The number of hydrogen-bond acceptors (Lipinski definition) is 4. The number of nitrogens with zero attached hydrogens (tertiary/aromatic N) is 2. The molecule has 1 fully saturated rings. The zero-order valence-corrected chi connectivity index (χ0v) is 19.1. The molecular weight excluding hydrogens is 427 g/mol. The maximum Gasteiger partial charge on any atom is 0.135 e. The third-order valence-electron chi connectivity index (χ3n) is 6.76. The molecule has 4 heterocycles. The Kier molecular flexibility index (Phi) is 5.36. The van der Waals surface area contributed by atoms with Gasteiger partial charge in [0.1, 0.15) is 17.0 Å². The largest absolute Gasteiger partial charge is 0.353 e. The van der Waals surface area contributed by atoms with Crippen LogP contribution in [0, 0.1) is 5.82 Å². The van der Waals surface area contributed by atoms with Crippen molar-refractivity contribution < 1.29 is 4.39 Å². The summed E-state index contributed by atoms with van der Waals surface area (Å²) < 4.78 is 14.4. The van der Waals surface area contributed by atoms with Crippen LogP contribution in [0.2, 0.25) is 0 Å². The molecule has 0 amide bonds. The van der Waals surface area contributed by atoms with Crippen LogP contribution in [0.3, 0.4) is 0 Å². The minimum atomic E-state index is -0.233. The van der Waals surface area contributed by atoms with Crippen LogP contribution in [0.1, 0.15) is 30.0 Å². The van der Waals surface area contributed by atoms with Gasteiger partial charge in [-0.2, -0.15) is 5.10 Å². The molecule has 0 atom stereocenters. The van der Waals surface area contributed by atoms with Gasteiger partial charge in [0.2, 0.25) is 0 Å². The fraction of sp³-hybridized carbons (Fsp3) is 0.259. The van der Waals surface area contributed by atoms with Crippen molar-refractivity contribution in [3.63, 3.8) is 0 Å². The molecule has 1 aliphatic rings. The molecule has 3 aromatic heterocycles. The molecule has 2 aromatic carbocycles. The topological polar surface area (TPSA) is 81.4 Å². The van der Waals surface area contributed by atoms with Gasteiger partial charge in [-0.15, -0.1) is 0 Å². The van der Waals surface area contributed by atoms with Crippen LogP contribution in [-0.2, 0) is 6.54 Å². The summed E-state index contributed by atoms with van der Waals surface area (Å²) in [5.74, 6) is 0.242. The molecule has 1 saturated heterocycles. The maximum absolute atomic E-state index is 14.4. The SMILES string of the molecule is CNCc1cc(F)cc(-c2cccc3[nH]c(-c4n[nH]c5ccc(C6CCNCC6)nc45)cc23)c1. The van der Waals surface area contributed by atoms with E-state index in [0.29, 0.717) is 12.5 Å². The summed E-state index contributed by atoms with van der Waals surface area (Å²) in [5.41, 5.74) is 8.39. The van der Waals surface area contributed by atoms with Crippen molar-refractivity contribution in [2.75, 3.05) is 20.1 Å². The van der Waals surface area contributed by atoms with Crippen LogP contribution >= 0.6 is 0 Å². The van der Waals surface area contributed by atoms with Gasteiger partial charge in [0.25, 0.3) is 0 Å². The smallest absolute Gasteiger partial charge is 0.135 e. The van der Waals surface area contributed by atoms with Crippen LogP contribution in [-0.4, -0.2) is 40.3 Å². The van der Waals surface area contributed by atoms with Crippen molar-refractivity contribution in [2.45, 2.75) is 25.3 Å². The average Bonchev–Trinajstić information content (AvgIpc) is 3.48. The van der Waals surface area contributed by atoms with Gasteiger partial charge < -0.3 is 15.6 Å². The highest BCUT2D eigenvalue weighted by molar-refractivity contribution is 6.00. The van der Waals surface area contributed by atoms with Crippen molar-refractivity contribution in [3.8, 4) is 22.5 Å². The highest BCUT2D eigenvalue weighted by atomic mass is 19.1. The number of halogens is 1. The zero-order chi connectivity index (χ0) is 23.1. The average molecular weight is 455 g/mol. The number of hydrogen-bond donors (Lipinski definition) is 4. The Morgan fingerprint density at radius 1 is 1.03 bits per heavy atom. The van der Waals surface area contributed by atoms with Crippen LogP contribution < -0.4 is 10.6 Å². The van der Waals surface area contributed by atoms with Gasteiger partial charge >= 0.3 is 0 Å². The lowest BCUT2D eigenvalue weighted by Crippen LogP contribution is -2.27. The van der Waals surface area contributed by atoms with E-state index in [1.807, 2.05) is 31.3 Å². The monoisotopic (exact) mass is 454 g/mol. The number of aromatic nitrogens is 4. The van der Waals surface area contributed by atoms with Crippen molar-refractivity contribution in [1.29, 1.82) is 0 Å². The Hall–Kier alpha value is -3.55. The predicted octanol–water partition coefficient (Wildman–Crippen LogP) is 5.10. The standard InChI is InChI=1S/C27H27FN6/c1-29-15-16-11-18(13-19(28)12-16)20-3-2-4-23-21(20)14-25(31-23)27-26-24(33-34-27)6-5-22(32-26)17-7-9-30-10-8-17/h2-6,11-14,17,29-31H,7-10,15H2,1H3,(H,33,34). The third kappa shape index (κ3) is 3.77. The molecule has 0 radical (unpaired) electrons. The Balaban J connectivity index is 1.44. The van der Waals surface area contributed by atoms with E-state index in [2.05, 4.69) is 44.0 Å². The molecule has 0 aliphatic carbocycles. The lowest BCUT2D eigenvalue weighted by Gasteiger charge is -2.22. The number of nitrogens with one attached hydrogen (secondary N) is 4. The molecule has 7 heteroatoms. The van der Waals surface area contributed by atoms with Crippen molar-refractivity contribution in [3.05, 3.63) is 71.7 Å². The van der Waals surface area contributed by atoms with E-state index < -0.39 is 0 Å². The molecule has 172 valence electrons. The molecule has 6 nitrogen and oxygen atoms in total. The summed E-state index contributed by atoms with van der Waals surface area (Å²) in [6.07, 6.45) is 2.20. The minimum Gasteiger partial charge on any atom is -0.353 e. The fourth-order valence-corrected chi connectivity index (χ4v) is 5.09. The van der Waals surface area contributed by atoms with Gasteiger partial charge in [-0.3, -0.25) is 5.10 Å². The van der Waals surface area contributed by atoms with Gasteiger partial charge in [-0.25, -0.2) is 9.37 Å². The van der Waals surface area contributed by atoms with Gasteiger partial charge in [-0.05, 0) is 92.1 Å². The van der Waals surface area contributed by atoms with E-state index in [0.717, 1.165) is 81.6 Å². The predicted molar refractivity (Wildman–Crippen MR) is 134 cm³/mol. The first kappa shape index (κ1) is 21.0. The summed E-state index contributed by atoms with van der Waals surface area (Å²) in [4.78, 5) is 8.55. The van der Waals surface area contributed by atoms with Crippen LogP contribution in [0.5, 0.6) is 0 Å². The highest BCUT2D eigenvalue weighted by Crippen LogP contribution is 2.35. The molecule has 0 saturated carbocycles. The van der Waals surface area contributed by atoms with Gasteiger partial charge in [0, 0.05) is 29.1 Å². The molecule has 0 bridgehead atoms. The van der Waals surface area contributed by atoms with E-state index in [4.69, 9.17) is 4.98 Å². The summed E-state index contributed by atoms with van der Waals surface area (Å²) in [5, 5.41) is 15.3. The van der Waals surface area contributed by atoms with Crippen LogP contribution in [0.4, 0.5) is 4.39 Å². The van der Waals surface area contributed by atoms with Crippen molar-refractivity contribution in [2.24, 2.45) is 0 Å². The van der Waals surface area contributed by atoms with Crippen molar-refractivity contribution in [1.82, 2.24) is 30.8 Å². The number of fused-ring (bicyclic) bond motifs is 2. The van der Waals surface area contributed by atoms with E-state index in [-0.39, 0.29) is 5.82 Å². The Bertz CT molecular complexity index is 1480. The molecule has 0 spiro atoms. The first-order chi connectivity index (χ1) is 16.7. The summed E-state index contributed by atoms with van der Waals surface area (Å²) in [6.45, 7) is 2.68. The number of aromatic amines is 2. The van der Waals surface area contributed by atoms with Crippen LogP contribution in [0.25, 0.3) is 44.5 Å². The number of rotatable bonds is 5. The normalized spacial score (nSPS) is 14.9. The van der Waals surface area contributed by atoms with Gasteiger partial charge in [0.15, 0.2) is 0 Å². The molecule has 1 aliphatic heterocycles.